The Balaban J connectivity index is 2.61. The molecule has 0 aromatic carbocycles. The van der Waals surface area contributed by atoms with Crippen LogP contribution >= 0.6 is 0 Å². The number of carbonyl (C=O) groups excluding carboxylic acids is 1. The van der Waals surface area contributed by atoms with Crippen LogP contribution in [0.2, 0.25) is 0 Å². The van der Waals surface area contributed by atoms with Gasteiger partial charge in [0.25, 0.3) is 0 Å². The normalized spacial score (nSPS) is 9.82. The van der Waals surface area contributed by atoms with Crippen LogP contribution in [0.15, 0.2) is 6.07 Å². The number of nitrogens with one attached hydrogen (secondary N) is 1. The van der Waals surface area contributed by atoms with E-state index in [1.165, 1.54) is 0 Å². The van der Waals surface area contributed by atoms with Gasteiger partial charge in [-0.05, 0) is 20.8 Å². The van der Waals surface area contributed by atoms with Crippen LogP contribution < -0.4 is 10.1 Å². The van der Waals surface area contributed by atoms with Crippen molar-refractivity contribution in [2.45, 2.75) is 20.8 Å². The third kappa shape index (κ3) is 4.67. The molecule has 1 aromatic rings. The average molecular weight is 239 g/mol. The van der Waals surface area contributed by atoms with Crippen LogP contribution in [0, 0.1) is 6.92 Å². The van der Waals surface area contributed by atoms with E-state index in [9.17, 15) is 4.79 Å². The van der Waals surface area contributed by atoms with E-state index in [1.807, 2.05) is 6.92 Å². The zero-order valence-electron chi connectivity index (χ0n) is 10.3. The van der Waals surface area contributed by atoms with Crippen molar-refractivity contribution in [3.8, 4) is 5.88 Å². The van der Waals surface area contributed by atoms with Gasteiger partial charge in [-0.1, -0.05) is 0 Å². The summed E-state index contributed by atoms with van der Waals surface area (Å²) in [5.41, 5.74) is 0. The minimum absolute atomic E-state index is 0.0792. The quantitative estimate of drug-likeness (QED) is 0.751. The molecule has 0 spiro atoms. The molecule has 0 aliphatic rings. The van der Waals surface area contributed by atoms with Crippen molar-refractivity contribution in [1.29, 1.82) is 0 Å². The molecule has 1 rings (SSSR count). The van der Waals surface area contributed by atoms with Gasteiger partial charge >= 0.3 is 5.97 Å². The summed E-state index contributed by atoms with van der Waals surface area (Å²) in [6, 6.07) is 1.65. The molecule has 0 atom stereocenters. The number of carbonyl (C=O) groups is 1. The van der Waals surface area contributed by atoms with E-state index in [1.54, 1.807) is 19.9 Å². The molecule has 0 aliphatic carbocycles. The fourth-order valence-electron chi connectivity index (χ4n) is 1.23. The van der Waals surface area contributed by atoms with Gasteiger partial charge in [0.05, 0.1) is 13.2 Å². The first-order valence-corrected chi connectivity index (χ1v) is 5.53. The van der Waals surface area contributed by atoms with Crippen LogP contribution in [0.5, 0.6) is 5.88 Å². The summed E-state index contributed by atoms with van der Waals surface area (Å²) in [7, 11) is 0. The molecule has 0 amide bonds. The van der Waals surface area contributed by atoms with Crippen LogP contribution in [0.25, 0.3) is 0 Å². The third-order valence-electron chi connectivity index (χ3n) is 1.83. The lowest BCUT2D eigenvalue weighted by Crippen LogP contribution is -2.17. The second kappa shape index (κ2) is 6.67. The Morgan fingerprint density at radius 1 is 1.35 bits per heavy atom. The Hall–Kier alpha value is -1.85. The number of nitrogens with zero attached hydrogens (tertiary/aromatic N) is 2. The molecule has 94 valence electrons. The molecule has 0 saturated carbocycles. The number of aromatic nitrogens is 2. The minimum atomic E-state index is -0.318. The number of aryl methyl sites for hydroxylation is 1. The van der Waals surface area contributed by atoms with Gasteiger partial charge in [-0.2, -0.15) is 4.98 Å². The van der Waals surface area contributed by atoms with Crippen molar-refractivity contribution >= 4 is 11.8 Å². The minimum Gasteiger partial charge on any atom is -0.478 e. The van der Waals surface area contributed by atoms with Gasteiger partial charge in [0.15, 0.2) is 0 Å². The Morgan fingerprint density at radius 3 is 2.76 bits per heavy atom. The van der Waals surface area contributed by atoms with Crippen molar-refractivity contribution in [1.82, 2.24) is 9.97 Å². The molecule has 1 N–H and O–H groups in total. The highest BCUT2D eigenvalue weighted by Gasteiger charge is 2.05. The van der Waals surface area contributed by atoms with E-state index in [0.717, 1.165) is 0 Å². The van der Waals surface area contributed by atoms with Gasteiger partial charge in [0, 0.05) is 6.07 Å². The molecular weight excluding hydrogens is 222 g/mol. The van der Waals surface area contributed by atoms with Gasteiger partial charge in [-0.15, -0.1) is 0 Å². The standard InChI is InChI=1S/C11H17N3O3/c1-4-16-10-6-9(13-8(3)14-10)12-7-11(15)17-5-2/h6H,4-5,7H2,1-3H3,(H,12,13,14). The average Bonchev–Trinajstić information content (AvgIpc) is 2.26. The summed E-state index contributed by atoms with van der Waals surface area (Å²) >= 11 is 0. The number of ether oxygens (including phenoxy) is 2. The van der Waals surface area contributed by atoms with Crippen molar-refractivity contribution in [2.24, 2.45) is 0 Å². The lowest BCUT2D eigenvalue weighted by Gasteiger charge is -2.08. The van der Waals surface area contributed by atoms with E-state index >= 15 is 0 Å². The highest BCUT2D eigenvalue weighted by Crippen LogP contribution is 2.12. The molecule has 1 heterocycles. The fourth-order valence-corrected chi connectivity index (χ4v) is 1.23. The van der Waals surface area contributed by atoms with Crippen LogP contribution in [0.3, 0.4) is 0 Å². The molecule has 0 fully saturated rings. The second-order valence-corrected chi connectivity index (χ2v) is 3.23. The third-order valence-corrected chi connectivity index (χ3v) is 1.83. The molecular formula is C11H17N3O3. The highest BCUT2D eigenvalue weighted by atomic mass is 16.5. The van der Waals surface area contributed by atoms with E-state index in [0.29, 0.717) is 30.7 Å². The number of anilines is 1. The zero-order chi connectivity index (χ0) is 12.7. The number of rotatable bonds is 6. The summed E-state index contributed by atoms with van der Waals surface area (Å²) < 4.78 is 10.1. The van der Waals surface area contributed by atoms with Crippen LogP contribution in [-0.2, 0) is 9.53 Å². The Morgan fingerprint density at radius 2 is 2.12 bits per heavy atom. The summed E-state index contributed by atoms with van der Waals surface area (Å²) in [5, 5.41) is 2.86. The molecule has 6 heteroatoms. The smallest absolute Gasteiger partial charge is 0.325 e. The lowest BCUT2D eigenvalue weighted by molar-refractivity contribution is -0.140. The Labute approximate surface area is 100 Å². The van der Waals surface area contributed by atoms with E-state index < -0.39 is 0 Å². The first-order chi connectivity index (χ1) is 8.15. The van der Waals surface area contributed by atoms with Crippen LogP contribution in [0.4, 0.5) is 5.82 Å². The predicted octanol–water partition coefficient (Wildman–Crippen LogP) is 1.16. The van der Waals surface area contributed by atoms with E-state index in [2.05, 4.69) is 15.3 Å². The predicted molar refractivity (Wildman–Crippen MR) is 63.1 cm³/mol. The number of esters is 1. The Bertz CT molecular complexity index is 382. The second-order valence-electron chi connectivity index (χ2n) is 3.23. The highest BCUT2D eigenvalue weighted by molar-refractivity contribution is 5.74. The van der Waals surface area contributed by atoms with Gasteiger partial charge in [0.1, 0.15) is 18.2 Å². The van der Waals surface area contributed by atoms with Crippen molar-refractivity contribution < 1.29 is 14.3 Å². The van der Waals surface area contributed by atoms with Gasteiger partial charge in [-0.25, -0.2) is 4.98 Å². The van der Waals surface area contributed by atoms with Crippen molar-refractivity contribution in [3.63, 3.8) is 0 Å². The summed E-state index contributed by atoms with van der Waals surface area (Å²) in [5.74, 6) is 1.31. The number of hydrogen-bond donors (Lipinski definition) is 1. The SMILES string of the molecule is CCOC(=O)CNc1cc(OCC)nc(C)n1. The summed E-state index contributed by atoms with van der Waals surface area (Å²) in [6.07, 6.45) is 0. The largest absolute Gasteiger partial charge is 0.478 e. The van der Waals surface area contributed by atoms with E-state index in [4.69, 9.17) is 9.47 Å². The molecule has 0 aliphatic heterocycles. The fraction of sp³-hybridized carbons (Fsp3) is 0.545. The first-order valence-electron chi connectivity index (χ1n) is 5.53. The Kier molecular flexibility index (Phi) is 5.19. The zero-order valence-corrected chi connectivity index (χ0v) is 10.3. The lowest BCUT2D eigenvalue weighted by atomic mass is 10.5. The molecule has 0 saturated heterocycles. The molecule has 6 nitrogen and oxygen atoms in total. The molecule has 17 heavy (non-hydrogen) atoms. The van der Waals surface area contributed by atoms with Gasteiger partial charge in [0.2, 0.25) is 5.88 Å². The molecule has 0 unspecified atom stereocenters. The maximum Gasteiger partial charge on any atom is 0.325 e. The van der Waals surface area contributed by atoms with Crippen molar-refractivity contribution in [3.05, 3.63) is 11.9 Å². The summed E-state index contributed by atoms with van der Waals surface area (Å²) in [4.78, 5) is 19.4. The van der Waals surface area contributed by atoms with Crippen LogP contribution in [-0.4, -0.2) is 35.7 Å². The van der Waals surface area contributed by atoms with Gasteiger partial charge in [-0.3, -0.25) is 4.79 Å². The topological polar surface area (TPSA) is 73.3 Å². The summed E-state index contributed by atoms with van der Waals surface area (Å²) in [6.45, 7) is 6.39. The maximum absolute atomic E-state index is 11.2. The van der Waals surface area contributed by atoms with Gasteiger partial charge < -0.3 is 14.8 Å². The van der Waals surface area contributed by atoms with Crippen molar-refractivity contribution in [2.75, 3.05) is 25.1 Å². The molecule has 0 bridgehead atoms. The first kappa shape index (κ1) is 13.2. The molecule has 1 aromatic heterocycles. The number of hydrogen-bond acceptors (Lipinski definition) is 6. The molecule has 0 radical (unpaired) electrons. The monoisotopic (exact) mass is 239 g/mol. The van der Waals surface area contributed by atoms with Crippen LogP contribution in [0.1, 0.15) is 19.7 Å². The van der Waals surface area contributed by atoms with E-state index in [-0.39, 0.29) is 12.5 Å². The maximum atomic E-state index is 11.2.